The first-order valence-electron chi connectivity index (χ1n) is 10.5. The number of nitrogens with two attached hydrogens (primary N) is 1. The van der Waals surface area contributed by atoms with Crippen LogP contribution in [0.3, 0.4) is 0 Å². The summed E-state index contributed by atoms with van der Waals surface area (Å²) in [4.78, 5) is 28.4. The van der Waals surface area contributed by atoms with Crippen molar-refractivity contribution in [3.63, 3.8) is 0 Å². The van der Waals surface area contributed by atoms with E-state index in [0.717, 1.165) is 22.5 Å². The lowest BCUT2D eigenvalue weighted by atomic mass is 9.68. The van der Waals surface area contributed by atoms with Gasteiger partial charge in [-0.1, -0.05) is 61.9 Å². The fraction of sp³-hybridized carbons (Fsp3) is 0.308. The van der Waals surface area contributed by atoms with Crippen LogP contribution in [0, 0.1) is 12.3 Å². The number of hydrogen-bond acceptors (Lipinski definition) is 5. The molecule has 0 bridgehead atoms. The molecule has 5 nitrogen and oxygen atoms in total. The number of ketones is 1. The minimum absolute atomic E-state index is 0.0473. The van der Waals surface area contributed by atoms with Crippen LogP contribution in [0.1, 0.15) is 43.7 Å². The Bertz CT molecular complexity index is 1100. The average Bonchev–Trinajstić information content (AvgIpc) is 2.73. The summed E-state index contributed by atoms with van der Waals surface area (Å²) in [6.45, 7) is 6.20. The van der Waals surface area contributed by atoms with Crippen LogP contribution in [0.2, 0.25) is 0 Å². The van der Waals surface area contributed by atoms with E-state index in [-0.39, 0.29) is 11.2 Å². The summed E-state index contributed by atoms with van der Waals surface area (Å²) < 4.78 is 5.13. The molecular weight excluding hydrogens is 388 g/mol. The Labute approximate surface area is 183 Å². The molecule has 2 N–H and O–H groups in total. The number of nitrogens with zero attached hydrogens (tertiary/aromatic N) is 1. The Morgan fingerprint density at radius 2 is 1.71 bits per heavy atom. The molecule has 1 heterocycles. The van der Waals surface area contributed by atoms with Crippen LogP contribution < -0.4 is 10.6 Å². The molecule has 4 rings (SSSR count). The van der Waals surface area contributed by atoms with Crippen molar-refractivity contribution in [1.82, 2.24) is 0 Å². The van der Waals surface area contributed by atoms with Crippen molar-refractivity contribution in [3.8, 4) is 0 Å². The van der Waals surface area contributed by atoms with Gasteiger partial charge in [0.1, 0.15) is 5.82 Å². The van der Waals surface area contributed by atoms with Gasteiger partial charge in [-0.05, 0) is 36.5 Å². The van der Waals surface area contributed by atoms with E-state index in [4.69, 9.17) is 10.5 Å². The molecule has 2 aromatic rings. The lowest BCUT2D eigenvalue weighted by Crippen LogP contribution is -2.43. The first-order valence-corrected chi connectivity index (χ1v) is 10.5. The molecule has 0 saturated carbocycles. The van der Waals surface area contributed by atoms with Gasteiger partial charge in [-0.15, -0.1) is 0 Å². The predicted molar refractivity (Wildman–Crippen MR) is 121 cm³/mol. The van der Waals surface area contributed by atoms with Gasteiger partial charge in [-0.25, -0.2) is 4.79 Å². The molecule has 0 fully saturated rings. The van der Waals surface area contributed by atoms with E-state index in [9.17, 15) is 9.59 Å². The van der Waals surface area contributed by atoms with Gasteiger partial charge >= 0.3 is 5.97 Å². The second-order valence-electron chi connectivity index (χ2n) is 9.11. The zero-order valence-electron chi connectivity index (χ0n) is 18.4. The molecule has 1 atom stereocenters. The summed E-state index contributed by atoms with van der Waals surface area (Å²) in [5.41, 5.74) is 11.1. The van der Waals surface area contributed by atoms with Crippen molar-refractivity contribution in [3.05, 3.63) is 88.4 Å². The van der Waals surface area contributed by atoms with E-state index < -0.39 is 11.9 Å². The van der Waals surface area contributed by atoms with Crippen LogP contribution in [0.25, 0.3) is 0 Å². The smallest absolute Gasteiger partial charge is 0.338 e. The van der Waals surface area contributed by atoms with Crippen molar-refractivity contribution in [2.75, 3.05) is 12.0 Å². The first kappa shape index (κ1) is 20.9. The van der Waals surface area contributed by atoms with Crippen LogP contribution in [0.4, 0.5) is 5.69 Å². The monoisotopic (exact) mass is 416 g/mol. The number of carbonyl (C=O) groups excluding carboxylic acids is 2. The molecule has 2 aliphatic rings. The molecule has 160 valence electrons. The van der Waals surface area contributed by atoms with Gasteiger partial charge in [0.25, 0.3) is 0 Å². The fourth-order valence-electron chi connectivity index (χ4n) is 4.69. The van der Waals surface area contributed by atoms with Gasteiger partial charge in [0.2, 0.25) is 0 Å². The molecular formula is C26H28N2O3. The Balaban J connectivity index is 2.02. The van der Waals surface area contributed by atoms with E-state index >= 15 is 0 Å². The van der Waals surface area contributed by atoms with Crippen LogP contribution in [0.5, 0.6) is 0 Å². The Morgan fingerprint density at radius 3 is 2.32 bits per heavy atom. The number of allylic oxidation sites excluding steroid dienone is 2. The molecule has 0 spiro atoms. The number of anilines is 1. The van der Waals surface area contributed by atoms with Crippen LogP contribution >= 0.6 is 0 Å². The number of benzene rings is 2. The summed E-state index contributed by atoms with van der Waals surface area (Å²) in [5, 5.41) is 0. The highest BCUT2D eigenvalue weighted by molar-refractivity contribution is 6.05. The van der Waals surface area contributed by atoms with Gasteiger partial charge < -0.3 is 10.5 Å². The van der Waals surface area contributed by atoms with Crippen molar-refractivity contribution in [2.45, 2.75) is 39.5 Å². The van der Waals surface area contributed by atoms with Gasteiger partial charge in [0.15, 0.2) is 5.78 Å². The first-order chi connectivity index (χ1) is 14.7. The van der Waals surface area contributed by atoms with Gasteiger partial charge in [0.05, 0.1) is 18.6 Å². The third-order valence-corrected chi connectivity index (χ3v) is 6.09. The van der Waals surface area contributed by atoms with E-state index in [1.165, 1.54) is 7.11 Å². The quantitative estimate of drug-likeness (QED) is 0.741. The third kappa shape index (κ3) is 3.65. The maximum absolute atomic E-state index is 13.5. The predicted octanol–water partition coefficient (Wildman–Crippen LogP) is 4.59. The second kappa shape index (κ2) is 7.73. The zero-order valence-corrected chi connectivity index (χ0v) is 18.4. The van der Waals surface area contributed by atoms with Crippen molar-refractivity contribution in [1.29, 1.82) is 0 Å². The highest BCUT2D eigenvalue weighted by Gasteiger charge is 2.46. The summed E-state index contributed by atoms with van der Waals surface area (Å²) in [7, 11) is 1.34. The fourth-order valence-corrected chi connectivity index (χ4v) is 4.69. The largest absolute Gasteiger partial charge is 0.466 e. The molecule has 5 heteroatoms. The van der Waals surface area contributed by atoms with Crippen molar-refractivity contribution in [2.24, 2.45) is 11.1 Å². The van der Waals surface area contributed by atoms with Gasteiger partial charge in [-0.2, -0.15) is 0 Å². The van der Waals surface area contributed by atoms with E-state index in [1.54, 1.807) is 0 Å². The van der Waals surface area contributed by atoms with Crippen LogP contribution in [-0.2, 0) is 14.3 Å². The van der Waals surface area contributed by atoms with Crippen LogP contribution in [-0.4, -0.2) is 18.9 Å². The molecule has 0 radical (unpaired) electrons. The standard InChI is InChI=1S/C26H28N2O3/c1-16-10-12-18(13-11-16)28-19-14-26(2,3)15-20(29)22(19)21(17-8-6-5-7-9-17)23(24(28)27)25(30)31-4/h5-13,21H,14-15,27H2,1-4H3/t21-/m1/s1. The number of aryl methyl sites for hydroxylation is 1. The normalized spacial score (nSPS) is 20.6. The second-order valence-corrected chi connectivity index (χ2v) is 9.11. The summed E-state index contributed by atoms with van der Waals surface area (Å²) in [5.74, 6) is -0.707. The number of Topliss-reactive ketones (excluding diaryl/α,β-unsaturated/α-hetero) is 1. The number of carbonyl (C=O) groups is 2. The maximum atomic E-state index is 13.5. The van der Waals surface area contributed by atoms with Crippen LogP contribution in [0.15, 0.2) is 77.3 Å². The number of hydrogen-bond donors (Lipinski definition) is 1. The Morgan fingerprint density at radius 1 is 1.06 bits per heavy atom. The zero-order chi connectivity index (χ0) is 22.3. The van der Waals surface area contributed by atoms with E-state index in [1.807, 2.05) is 66.4 Å². The van der Waals surface area contributed by atoms with E-state index in [0.29, 0.717) is 29.8 Å². The summed E-state index contributed by atoms with van der Waals surface area (Å²) in [6.07, 6.45) is 1.10. The number of rotatable bonds is 3. The summed E-state index contributed by atoms with van der Waals surface area (Å²) >= 11 is 0. The average molecular weight is 417 g/mol. The lowest BCUT2D eigenvalue weighted by molar-refractivity contribution is -0.136. The molecule has 31 heavy (non-hydrogen) atoms. The van der Waals surface area contributed by atoms with Gasteiger partial charge in [0, 0.05) is 23.4 Å². The third-order valence-electron chi connectivity index (χ3n) is 6.09. The van der Waals surface area contributed by atoms with Crippen molar-refractivity contribution >= 4 is 17.4 Å². The molecule has 0 saturated heterocycles. The molecule has 0 aromatic heterocycles. The molecule has 1 aliphatic heterocycles. The highest BCUT2D eigenvalue weighted by Crippen LogP contribution is 2.50. The SMILES string of the molecule is COC(=O)C1=C(N)N(c2ccc(C)cc2)C2=C(C(=O)CC(C)(C)C2)[C@H]1c1ccccc1. The molecule has 2 aromatic carbocycles. The minimum atomic E-state index is -0.547. The highest BCUT2D eigenvalue weighted by atomic mass is 16.5. The number of ether oxygens (including phenoxy) is 1. The summed E-state index contributed by atoms with van der Waals surface area (Å²) in [6, 6.07) is 17.5. The molecule has 1 aliphatic carbocycles. The van der Waals surface area contributed by atoms with Crippen molar-refractivity contribution < 1.29 is 14.3 Å². The number of methoxy groups -OCH3 is 1. The molecule has 0 unspecified atom stereocenters. The van der Waals surface area contributed by atoms with E-state index in [2.05, 4.69) is 13.8 Å². The minimum Gasteiger partial charge on any atom is -0.466 e. The topological polar surface area (TPSA) is 72.6 Å². The van der Waals surface area contributed by atoms with Gasteiger partial charge in [-0.3, -0.25) is 9.69 Å². The Hall–Kier alpha value is -3.34. The maximum Gasteiger partial charge on any atom is 0.338 e. The lowest BCUT2D eigenvalue weighted by Gasteiger charge is -2.44. The Kier molecular flexibility index (Phi) is 5.21. The molecule has 0 amide bonds. The number of esters is 1.